The Labute approximate surface area is 324 Å². The largest absolute Gasteiger partial charge is 2.00 e. The summed E-state index contributed by atoms with van der Waals surface area (Å²) in [4.78, 5) is 32.2. The van der Waals surface area contributed by atoms with E-state index in [1.807, 2.05) is 133 Å². The molecule has 252 valence electrons. The number of phenols is 2. The van der Waals surface area contributed by atoms with E-state index >= 15 is 0 Å². The van der Waals surface area contributed by atoms with Gasteiger partial charge in [-0.05, 0) is 34.4 Å². The smallest absolute Gasteiger partial charge is 0.543 e. The predicted octanol–water partition coefficient (Wildman–Crippen LogP) is 7.27. The Balaban J connectivity index is 0.000000178. The molecule has 0 atom stereocenters. The van der Waals surface area contributed by atoms with E-state index in [0.717, 1.165) is 22.3 Å². The van der Waals surface area contributed by atoms with Crippen molar-refractivity contribution in [3.8, 4) is 56.0 Å². The first-order chi connectivity index (χ1) is 25.3. The van der Waals surface area contributed by atoms with Crippen molar-refractivity contribution < 1.29 is 57.7 Å². The van der Waals surface area contributed by atoms with Crippen molar-refractivity contribution in [3.05, 3.63) is 169 Å². The number of fused-ring (bicyclic) bond motifs is 2. The number of hydrogen-bond acceptors (Lipinski definition) is 8. The quantitative estimate of drug-likeness (QED) is 0.166. The Morgan fingerprint density at radius 2 is 0.679 bits per heavy atom. The molecule has 2 heterocycles. The second-order valence-corrected chi connectivity index (χ2v) is 11.8. The standard InChI is InChI=1S/2C22H15NO3.Hg/c2*24-17-13-7-12-16-18(14-8-3-1-4-9-14)19(15-10-5-2-6-11-15)21(22(25)26)23-20(16)17;/h2*1-13,24H,(H,25,26);/q;;+2/p-2. The Bertz CT molecular complexity index is 2400. The van der Waals surface area contributed by atoms with Gasteiger partial charge in [0.15, 0.2) is 0 Å². The molecule has 0 spiro atoms. The van der Waals surface area contributed by atoms with Gasteiger partial charge >= 0.3 is 27.7 Å². The Morgan fingerprint density at radius 3 is 0.962 bits per heavy atom. The van der Waals surface area contributed by atoms with E-state index < -0.39 is 11.9 Å². The number of aromatic nitrogens is 2. The predicted molar refractivity (Wildman–Crippen MR) is 197 cm³/mol. The van der Waals surface area contributed by atoms with E-state index in [1.54, 1.807) is 12.1 Å². The normalized spacial score (nSPS) is 10.6. The Kier molecular flexibility index (Phi) is 10.9. The molecule has 6 aromatic carbocycles. The molecular weight excluding hydrogens is 853 g/mol. The zero-order valence-corrected chi connectivity index (χ0v) is 33.6. The van der Waals surface area contributed by atoms with E-state index in [2.05, 4.69) is 9.97 Å². The molecule has 9 heteroatoms. The molecule has 0 aliphatic heterocycles. The molecule has 8 rings (SSSR count). The minimum absolute atomic E-state index is 0. The summed E-state index contributed by atoms with van der Waals surface area (Å²) in [6, 6.07) is 47.5. The van der Waals surface area contributed by atoms with E-state index in [4.69, 9.17) is 0 Å². The monoisotopic (exact) mass is 882 g/mol. The van der Waals surface area contributed by atoms with Gasteiger partial charge in [-0.15, -0.1) is 0 Å². The summed E-state index contributed by atoms with van der Waals surface area (Å²) in [6.45, 7) is 0. The number of nitrogens with zero attached hydrogens (tertiary/aromatic N) is 2. The molecule has 0 bridgehead atoms. The van der Waals surface area contributed by atoms with Gasteiger partial charge in [0.25, 0.3) is 0 Å². The maximum Gasteiger partial charge on any atom is 2.00 e. The third-order valence-corrected chi connectivity index (χ3v) is 8.63. The molecule has 0 aliphatic carbocycles. The number of carbonyl (C=O) groups is 2. The van der Waals surface area contributed by atoms with Gasteiger partial charge in [-0.1, -0.05) is 146 Å². The zero-order valence-electron chi connectivity index (χ0n) is 28.1. The number of para-hydroxylation sites is 2. The van der Waals surface area contributed by atoms with E-state index in [9.17, 15) is 30.0 Å². The van der Waals surface area contributed by atoms with Gasteiger partial charge in [0, 0.05) is 33.0 Å². The molecule has 8 aromatic rings. The maximum absolute atomic E-state index is 11.9. The molecule has 0 saturated carbocycles. The SMILES string of the molecule is O=C([O-])c1nc2c(O)cccc2c(-c2ccccc2)c1-c1ccccc1.O=C([O-])c1nc2c(O)cccc2c(-c2ccccc2)c1-c1ccccc1.[Hg+2]. The van der Waals surface area contributed by atoms with Crippen LogP contribution < -0.4 is 10.2 Å². The molecule has 2 aromatic heterocycles. The van der Waals surface area contributed by atoms with Crippen LogP contribution in [0.3, 0.4) is 0 Å². The van der Waals surface area contributed by atoms with Crippen LogP contribution in [-0.2, 0) is 27.7 Å². The first kappa shape index (κ1) is 36.4. The molecule has 53 heavy (non-hydrogen) atoms. The number of carbonyl (C=O) groups excluding carboxylic acids is 2. The fraction of sp³-hybridized carbons (Fsp3) is 0. The van der Waals surface area contributed by atoms with Crippen molar-refractivity contribution in [3.63, 3.8) is 0 Å². The summed E-state index contributed by atoms with van der Waals surface area (Å²) in [5.41, 5.74) is 5.60. The minimum Gasteiger partial charge on any atom is -0.543 e. The average Bonchev–Trinajstić information content (AvgIpc) is 3.18. The second-order valence-electron chi connectivity index (χ2n) is 11.8. The fourth-order valence-corrected chi connectivity index (χ4v) is 6.42. The number of pyridine rings is 2. The molecule has 0 saturated heterocycles. The van der Waals surface area contributed by atoms with Gasteiger partial charge in [0.05, 0.1) is 23.3 Å². The summed E-state index contributed by atoms with van der Waals surface area (Å²) < 4.78 is 0. The minimum atomic E-state index is -1.38. The molecule has 0 amide bonds. The van der Waals surface area contributed by atoms with Gasteiger partial charge in [-0.25, -0.2) is 9.97 Å². The summed E-state index contributed by atoms with van der Waals surface area (Å²) >= 11 is 0. The van der Waals surface area contributed by atoms with Crippen LogP contribution in [0.25, 0.3) is 66.3 Å². The van der Waals surface area contributed by atoms with Crippen LogP contribution in [-0.4, -0.2) is 32.1 Å². The average molecular weight is 881 g/mol. The van der Waals surface area contributed by atoms with Crippen LogP contribution in [0.5, 0.6) is 11.5 Å². The Morgan fingerprint density at radius 1 is 0.396 bits per heavy atom. The molecule has 0 fully saturated rings. The van der Waals surface area contributed by atoms with Gasteiger partial charge in [0.2, 0.25) is 0 Å². The molecular formula is C44H28HgN2O6. The molecule has 0 radical (unpaired) electrons. The van der Waals surface area contributed by atoms with Crippen LogP contribution in [0.1, 0.15) is 21.0 Å². The Hall–Kier alpha value is -6.38. The van der Waals surface area contributed by atoms with Crippen molar-refractivity contribution >= 4 is 33.7 Å². The van der Waals surface area contributed by atoms with Crippen molar-refractivity contribution in [1.82, 2.24) is 9.97 Å². The van der Waals surface area contributed by atoms with Crippen LogP contribution in [0.4, 0.5) is 0 Å². The van der Waals surface area contributed by atoms with E-state index in [-0.39, 0.29) is 61.6 Å². The van der Waals surface area contributed by atoms with Gasteiger partial charge in [0.1, 0.15) is 22.5 Å². The maximum atomic E-state index is 11.9. The summed E-state index contributed by atoms with van der Waals surface area (Å²) in [6.07, 6.45) is 0. The van der Waals surface area contributed by atoms with Crippen LogP contribution in [0.2, 0.25) is 0 Å². The first-order valence-corrected chi connectivity index (χ1v) is 16.3. The van der Waals surface area contributed by atoms with Gasteiger partial charge in [-0.3, -0.25) is 0 Å². The number of aromatic carboxylic acids is 2. The van der Waals surface area contributed by atoms with Crippen LogP contribution in [0, 0.1) is 0 Å². The molecule has 2 N–H and O–H groups in total. The topological polar surface area (TPSA) is 146 Å². The van der Waals surface area contributed by atoms with Crippen molar-refractivity contribution in [1.29, 1.82) is 0 Å². The molecule has 0 aliphatic rings. The summed E-state index contributed by atoms with van der Waals surface area (Å²) in [5.74, 6) is -2.90. The van der Waals surface area contributed by atoms with Crippen molar-refractivity contribution in [2.45, 2.75) is 0 Å². The first-order valence-electron chi connectivity index (χ1n) is 16.3. The van der Waals surface area contributed by atoms with Crippen LogP contribution in [0.15, 0.2) is 158 Å². The summed E-state index contributed by atoms with van der Waals surface area (Å²) in [5, 5.41) is 45.6. The zero-order chi connectivity index (χ0) is 36.2. The number of aromatic hydroxyl groups is 2. The van der Waals surface area contributed by atoms with Gasteiger partial charge < -0.3 is 30.0 Å². The fourth-order valence-electron chi connectivity index (χ4n) is 6.42. The third-order valence-electron chi connectivity index (χ3n) is 8.63. The van der Waals surface area contributed by atoms with Crippen molar-refractivity contribution in [2.75, 3.05) is 0 Å². The van der Waals surface area contributed by atoms with E-state index in [1.165, 1.54) is 12.1 Å². The number of hydrogen-bond donors (Lipinski definition) is 2. The molecule has 0 unspecified atom stereocenters. The number of benzene rings is 6. The van der Waals surface area contributed by atoms with Crippen molar-refractivity contribution in [2.24, 2.45) is 0 Å². The number of rotatable bonds is 6. The van der Waals surface area contributed by atoms with Gasteiger partial charge in [-0.2, -0.15) is 0 Å². The molecule has 8 nitrogen and oxygen atoms in total. The third kappa shape index (κ3) is 7.22. The number of carboxylic acids is 2. The number of carboxylic acid groups (broad SMARTS) is 2. The van der Waals surface area contributed by atoms with E-state index in [0.29, 0.717) is 33.0 Å². The summed E-state index contributed by atoms with van der Waals surface area (Å²) in [7, 11) is 0. The second kappa shape index (κ2) is 15.9. The van der Waals surface area contributed by atoms with Crippen LogP contribution >= 0.6 is 0 Å². The number of phenolic OH excluding ortho intramolecular Hbond substituents is 2.